The van der Waals surface area contributed by atoms with Crippen LogP contribution in [0.1, 0.15) is 15.5 Å². The van der Waals surface area contributed by atoms with Gasteiger partial charge in [-0.25, -0.2) is 18.6 Å². The molecule has 1 aromatic carbocycles. The number of carbonyl (C=O) groups is 1. The van der Waals surface area contributed by atoms with Gasteiger partial charge in [-0.1, -0.05) is 0 Å². The fraction of sp³-hybridized carbons (Fsp3) is 0.167. The molecule has 0 atom stereocenters. The molecule has 1 aromatic heterocycles. The lowest BCUT2D eigenvalue weighted by Gasteiger charge is -2.04. The number of carboxylic acids is 1. The molecule has 0 amide bonds. The first-order valence-corrected chi connectivity index (χ1v) is 6.20. The molecule has 0 fully saturated rings. The van der Waals surface area contributed by atoms with Gasteiger partial charge in [0.1, 0.15) is 5.75 Å². The zero-order valence-corrected chi connectivity index (χ0v) is 10.4. The summed E-state index contributed by atoms with van der Waals surface area (Å²) in [6.07, 6.45) is 0.400. The van der Waals surface area contributed by atoms with Gasteiger partial charge in [0.15, 0.2) is 17.3 Å². The van der Waals surface area contributed by atoms with E-state index in [-0.39, 0.29) is 18.1 Å². The molecule has 0 unspecified atom stereocenters. The first kappa shape index (κ1) is 13.4. The van der Waals surface area contributed by atoms with Crippen molar-refractivity contribution in [2.24, 2.45) is 0 Å². The summed E-state index contributed by atoms with van der Waals surface area (Å²) in [4.78, 5) is 14.5. The van der Waals surface area contributed by atoms with Crippen LogP contribution in [0.15, 0.2) is 23.6 Å². The highest BCUT2D eigenvalue weighted by atomic mass is 32.1. The standard InChI is InChI=1S/C12H9F2NO3S/c13-8-2-1-7(5-9(8)14)18-4-3-11-15-10(6-19-11)12(16)17/h1-2,5-6H,3-4H2,(H,16,17). The van der Waals surface area contributed by atoms with Crippen molar-refractivity contribution in [2.45, 2.75) is 6.42 Å². The highest BCUT2D eigenvalue weighted by Gasteiger charge is 2.09. The number of hydrogen-bond acceptors (Lipinski definition) is 4. The van der Waals surface area contributed by atoms with E-state index in [2.05, 4.69) is 4.98 Å². The largest absolute Gasteiger partial charge is 0.493 e. The van der Waals surface area contributed by atoms with E-state index in [1.165, 1.54) is 22.8 Å². The van der Waals surface area contributed by atoms with E-state index in [1.54, 1.807) is 0 Å². The lowest BCUT2D eigenvalue weighted by molar-refractivity contribution is 0.0691. The summed E-state index contributed by atoms with van der Waals surface area (Å²) in [6, 6.07) is 3.26. The second-order valence-corrected chi connectivity index (χ2v) is 4.55. The molecule has 0 saturated heterocycles. The molecule has 100 valence electrons. The lowest BCUT2D eigenvalue weighted by atomic mass is 10.3. The quantitative estimate of drug-likeness (QED) is 0.917. The number of aromatic carboxylic acids is 1. The predicted octanol–water partition coefficient (Wildman–Crippen LogP) is 2.74. The Kier molecular flexibility index (Phi) is 4.06. The first-order valence-electron chi connectivity index (χ1n) is 5.32. The van der Waals surface area contributed by atoms with Crippen LogP contribution in [0, 0.1) is 11.6 Å². The summed E-state index contributed by atoms with van der Waals surface area (Å²) in [7, 11) is 0. The van der Waals surface area contributed by atoms with E-state index in [9.17, 15) is 13.6 Å². The molecule has 0 aliphatic rings. The molecule has 0 aliphatic carbocycles. The van der Waals surface area contributed by atoms with Crippen molar-refractivity contribution in [1.82, 2.24) is 4.98 Å². The summed E-state index contributed by atoms with van der Waals surface area (Å²) >= 11 is 1.21. The second-order valence-electron chi connectivity index (χ2n) is 3.61. The molecule has 2 rings (SSSR count). The monoisotopic (exact) mass is 285 g/mol. The van der Waals surface area contributed by atoms with E-state index < -0.39 is 17.6 Å². The van der Waals surface area contributed by atoms with Gasteiger partial charge < -0.3 is 9.84 Å². The Labute approximate surface area is 111 Å². The van der Waals surface area contributed by atoms with Gasteiger partial charge >= 0.3 is 5.97 Å². The molecule has 4 nitrogen and oxygen atoms in total. The van der Waals surface area contributed by atoms with Crippen LogP contribution >= 0.6 is 11.3 Å². The lowest BCUT2D eigenvalue weighted by Crippen LogP contribution is -2.03. The van der Waals surface area contributed by atoms with Crippen molar-refractivity contribution < 1.29 is 23.4 Å². The molecule has 0 spiro atoms. The molecule has 1 heterocycles. The minimum atomic E-state index is -1.08. The number of rotatable bonds is 5. The van der Waals surface area contributed by atoms with Gasteiger partial charge in [-0.05, 0) is 12.1 Å². The fourth-order valence-corrected chi connectivity index (χ4v) is 2.10. The number of benzene rings is 1. The summed E-state index contributed by atoms with van der Waals surface area (Å²) in [6.45, 7) is 0.206. The van der Waals surface area contributed by atoms with Crippen LogP contribution in [-0.4, -0.2) is 22.7 Å². The molecule has 0 bridgehead atoms. The van der Waals surface area contributed by atoms with Crippen LogP contribution in [0.5, 0.6) is 5.75 Å². The van der Waals surface area contributed by atoms with Gasteiger partial charge in [0.05, 0.1) is 11.6 Å². The Morgan fingerprint density at radius 3 is 2.79 bits per heavy atom. The minimum Gasteiger partial charge on any atom is -0.493 e. The number of aromatic nitrogens is 1. The zero-order valence-electron chi connectivity index (χ0n) is 9.60. The molecule has 0 aliphatic heterocycles. The van der Waals surface area contributed by atoms with Crippen molar-refractivity contribution in [3.05, 3.63) is 45.9 Å². The fourth-order valence-electron chi connectivity index (χ4n) is 1.35. The van der Waals surface area contributed by atoms with Gasteiger partial charge in [0.25, 0.3) is 0 Å². The maximum atomic E-state index is 12.9. The Bertz CT molecular complexity index is 600. The SMILES string of the molecule is O=C(O)c1csc(CCOc2ccc(F)c(F)c2)n1. The van der Waals surface area contributed by atoms with Crippen LogP contribution in [0.4, 0.5) is 8.78 Å². The van der Waals surface area contributed by atoms with E-state index in [0.29, 0.717) is 11.4 Å². The number of carboxylic acid groups (broad SMARTS) is 1. The van der Waals surface area contributed by atoms with Crippen molar-refractivity contribution >= 4 is 17.3 Å². The maximum Gasteiger partial charge on any atom is 0.355 e. The van der Waals surface area contributed by atoms with Gasteiger partial charge in [-0.2, -0.15) is 0 Å². The van der Waals surface area contributed by atoms with E-state index in [4.69, 9.17) is 9.84 Å². The number of halogens is 2. The highest BCUT2D eigenvalue weighted by Crippen LogP contribution is 2.16. The summed E-state index contributed by atoms with van der Waals surface area (Å²) in [5, 5.41) is 10.7. The van der Waals surface area contributed by atoms with E-state index >= 15 is 0 Å². The third-order valence-corrected chi connectivity index (χ3v) is 3.16. The average molecular weight is 285 g/mol. The number of thiazole rings is 1. The van der Waals surface area contributed by atoms with Crippen molar-refractivity contribution in [3.63, 3.8) is 0 Å². The Balaban J connectivity index is 1.88. The predicted molar refractivity (Wildman–Crippen MR) is 64.6 cm³/mol. The number of ether oxygens (including phenoxy) is 1. The summed E-state index contributed by atoms with van der Waals surface area (Å²) in [5.41, 5.74) is -0.00664. The third kappa shape index (κ3) is 3.47. The molecule has 2 aromatic rings. The van der Waals surface area contributed by atoms with Crippen LogP contribution < -0.4 is 4.74 Å². The normalized spacial score (nSPS) is 10.4. The second kappa shape index (κ2) is 5.75. The zero-order chi connectivity index (χ0) is 13.8. The van der Waals surface area contributed by atoms with Crippen molar-refractivity contribution in [3.8, 4) is 5.75 Å². The molecule has 1 N–H and O–H groups in total. The van der Waals surface area contributed by atoms with E-state index in [1.807, 2.05) is 0 Å². The number of nitrogens with zero attached hydrogens (tertiary/aromatic N) is 1. The van der Waals surface area contributed by atoms with Gasteiger partial charge in [-0.15, -0.1) is 11.3 Å². The Hall–Kier alpha value is -2.02. The topological polar surface area (TPSA) is 59.4 Å². The molecule has 19 heavy (non-hydrogen) atoms. The Morgan fingerprint density at radius 2 is 2.16 bits per heavy atom. The smallest absolute Gasteiger partial charge is 0.355 e. The molecule has 0 saturated carbocycles. The summed E-state index contributed by atoms with van der Waals surface area (Å²) in [5.74, 6) is -2.77. The van der Waals surface area contributed by atoms with Crippen molar-refractivity contribution in [2.75, 3.05) is 6.61 Å². The van der Waals surface area contributed by atoms with E-state index in [0.717, 1.165) is 12.1 Å². The summed E-state index contributed by atoms with van der Waals surface area (Å²) < 4.78 is 30.8. The third-order valence-electron chi connectivity index (χ3n) is 2.25. The maximum absolute atomic E-state index is 12.9. The number of hydrogen-bond donors (Lipinski definition) is 1. The van der Waals surface area contributed by atoms with Crippen LogP contribution in [0.3, 0.4) is 0 Å². The minimum absolute atomic E-state index is 0.00664. The van der Waals surface area contributed by atoms with Gasteiger partial charge in [0.2, 0.25) is 0 Å². The Morgan fingerprint density at radius 1 is 1.37 bits per heavy atom. The highest BCUT2D eigenvalue weighted by molar-refractivity contribution is 7.09. The van der Waals surface area contributed by atoms with Crippen LogP contribution in [0.2, 0.25) is 0 Å². The average Bonchev–Trinajstić information content (AvgIpc) is 2.83. The molecular formula is C12H9F2NO3S. The van der Waals surface area contributed by atoms with Gasteiger partial charge in [-0.3, -0.25) is 0 Å². The molecule has 7 heteroatoms. The molecule has 0 radical (unpaired) electrons. The molecular weight excluding hydrogens is 276 g/mol. The van der Waals surface area contributed by atoms with Gasteiger partial charge in [0, 0.05) is 17.9 Å². The first-order chi connectivity index (χ1) is 9.06. The van der Waals surface area contributed by atoms with Crippen LogP contribution in [-0.2, 0) is 6.42 Å². The van der Waals surface area contributed by atoms with Crippen molar-refractivity contribution in [1.29, 1.82) is 0 Å². The van der Waals surface area contributed by atoms with Crippen LogP contribution in [0.25, 0.3) is 0 Å².